The van der Waals surface area contributed by atoms with Crippen LogP contribution in [-0.4, -0.2) is 5.97 Å². The van der Waals surface area contributed by atoms with E-state index in [0.29, 0.717) is 10.6 Å². The molecule has 0 unspecified atom stereocenters. The smallest absolute Gasteiger partial charge is 0.339 e. The van der Waals surface area contributed by atoms with E-state index in [-0.39, 0.29) is 5.97 Å². The molecular weight excluding hydrogens is 244 g/mol. The van der Waals surface area contributed by atoms with Gasteiger partial charge >= 0.3 is 5.97 Å². The van der Waals surface area contributed by atoms with Crippen LogP contribution in [0.4, 0.5) is 0 Å². The first-order chi connectivity index (χ1) is 8.50. The highest BCUT2D eigenvalue weighted by molar-refractivity contribution is 7.14. The Morgan fingerprint density at radius 2 is 2.17 bits per heavy atom. The maximum absolute atomic E-state index is 11.6. The molecule has 0 aromatic carbocycles. The number of carbonyl (C=O) groups excluding carboxylic acids is 1. The minimum Gasteiger partial charge on any atom is -0.412 e. The molecule has 0 saturated carbocycles. The molecule has 2 nitrogen and oxygen atoms in total. The number of aryl methyl sites for hydroxylation is 1. The Hall–Kier alpha value is -1.35. The Morgan fingerprint density at radius 3 is 2.72 bits per heavy atom. The van der Waals surface area contributed by atoms with Crippen LogP contribution >= 0.6 is 11.3 Å². The van der Waals surface area contributed by atoms with Crippen molar-refractivity contribution in [2.24, 2.45) is 0 Å². The molecule has 3 heteroatoms. The van der Waals surface area contributed by atoms with Gasteiger partial charge in [-0.1, -0.05) is 12.7 Å². The van der Waals surface area contributed by atoms with Gasteiger partial charge in [0.2, 0.25) is 0 Å². The molecule has 1 aromatic heterocycles. The molecule has 18 heavy (non-hydrogen) atoms. The zero-order valence-electron chi connectivity index (χ0n) is 11.1. The quantitative estimate of drug-likeness (QED) is 0.595. The van der Waals surface area contributed by atoms with E-state index in [2.05, 4.69) is 19.6 Å². The van der Waals surface area contributed by atoms with Crippen molar-refractivity contribution in [1.82, 2.24) is 0 Å². The monoisotopic (exact) mass is 262 g/mol. The van der Waals surface area contributed by atoms with E-state index in [1.165, 1.54) is 22.4 Å². The number of hydrogen-bond donors (Lipinski definition) is 0. The Labute approximate surface area is 112 Å². The summed E-state index contributed by atoms with van der Waals surface area (Å²) in [6.07, 6.45) is 5.81. The van der Waals surface area contributed by atoms with Crippen LogP contribution in [0.25, 0.3) is 5.57 Å². The van der Waals surface area contributed by atoms with E-state index in [1.54, 1.807) is 18.3 Å². The van der Waals surface area contributed by atoms with E-state index in [4.69, 9.17) is 4.74 Å². The lowest BCUT2D eigenvalue weighted by Crippen LogP contribution is -2.07. The molecule has 0 saturated heterocycles. The van der Waals surface area contributed by atoms with Gasteiger partial charge in [0.15, 0.2) is 5.06 Å². The molecule has 1 aromatic rings. The highest BCUT2D eigenvalue weighted by Gasteiger charge is 2.20. The zero-order chi connectivity index (χ0) is 13.3. The van der Waals surface area contributed by atoms with Gasteiger partial charge in [-0.25, -0.2) is 4.79 Å². The predicted octanol–water partition coefficient (Wildman–Crippen LogP) is 4.41. The summed E-state index contributed by atoms with van der Waals surface area (Å²) >= 11 is 1.55. The number of ether oxygens (including phenoxy) is 1. The van der Waals surface area contributed by atoms with Crippen molar-refractivity contribution in [2.75, 3.05) is 0 Å². The molecule has 0 aliphatic heterocycles. The Kier molecular flexibility index (Phi) is 3.71. The average molecular weight is 262 g/mol. The summed E-state index contributed by atoms with van der Waals surface area (Å²) in [5, 5.41) is 0.711. The van der Waals surface area contributed by atoms with Crippen molar-refractivity contribution in [3.63, 3.8) is 0 Å². The lowest BCUT2D eigenvalue weighted by Gasteiger charge is -2.05. The zero-order valence-corrected chi connectivity index (χ0v) is 11.9. The maximum Gasteiger partial charge on any atom is 0.339 e. The SMILES string of the molecule is C=C(C)C(=O)Oc1sc(C)c(C2=CCCC2)c1C. The Balaban J connectivity index is 2.32. The van der Waals surface area contributed by atoms with Crippen molar-refractivity contribution >= 4 is 22.9 Å². The molecule has 0 spiro atoms. The molecule has 0 fully saturated rings. The van der Waals surface area contributed by atoms with Gasteiger partial charge in [-0.05, 0) is 51.2 Å². The van der Waals surface area contributed by atoms with Gasteiger partial charge in [0.1, 0.15) is 0 Å². The maximum atomic E-state index is 11.6. The summed E-state index contributed by atoms with van der Waals surface area (Å²) < 4.78 is 5.38. The number of allylic oxidation sites excluding steroid dienone is 2. The average Bonchev–Trinajstić information content (AvgIpc) is 2.88. The fraction of sp³-hybridized carbons (Fsp3) is 0.400. The Morgan fingerprint density at radius 1 is 1.44 bits per heavy atom. The minimum atomic E-state index is -0.341. The van der Waals surface area contributed by atoms with Gasteiger partial charge in [0, 0.05) is 16.0 Å². The third kappa shape index (κ3) is 2.41. The highest BCUT2D eigenvalue weighted by atomic mass is 32.1. The van der Waals surface area contributed by atoms with Crippen LogP contribution in [0.3, 0.4) is 0 Å². The molecule has 0 N–H and O–H groups in total. The molecule has 1 aliphatic carbocycles. The van der Waals surface area contributed by atoms with Crippen LogP contribution < -0.4 is 4.74 Å². The van der Waals surface area contributed by atoms with Crippen LogP contribution in [0.2, 0.25) is 0 Å². The summed E-state index contributed by atoms with van der Waals surface area (Å²) in [5.41, 5.74) is 4.20. The fourth-order valence-electron chi connectivity index (χ4n) is 2.27. The van der Waals surface area contributed by atoms with Crippen molar-refractivity contribution in [1.29, 1.82) is 0 Å². The van der Waals surface area contributed by atoms with Crippen LogP contribution in [0.15, 0.2) is 18.2 Å². The van der Waals surface area contributed by atoms with Gasteiger partial charge in [0.05, 0.1) is 0 Å². The lowest BCUT2D eigenvalue weighted by molar-refractivity contribution is -0.129. The van der Waals surface area contributed by atoms with Gasteiger partial charge < -0.3 is 4.74 Å². The Bertz CT molecular complexity index is 535. The number of thiophene rings is 1. The number of esters is 1. The van der Waals surface area contributed by atoms with E-state index in [9.17, 15) is 4.79 Å². The van der Waals surface area contributed by atoms with E-state index in [1.807, 2.05) is 6.92 Å². The van der Waals surface area contributed by atoms with Crippen molar-refractivity contribution in [2.45, 2.75) is 40.0 Å². The third-order valence-electron chi connectivity index (χ3n) is 3.17. The summed E-state index contributed by atoms with van der Waals surface area (Å²) in [5.74, 6) is -0.341. The highest BCUT2D eigenvalue weighted by Crippen LogP contribution is 2.41. The standard InChI is InChI=1S/C15H18O2S/c1-9(2)14(16)17-15-10(3)13(11(4)18-15)12-7-5-6-8-12/h7H,1,5-6,8H2,2-4H3. The molecule has 0 radical (unpaired) electrons. The third-order valence-corrected chi connectivity index (χ3v) is 4.26. The van der Waals surface area contributed by atoms with Crippen molar-refractivity contribution in [3.05, 3.63) is 34.2 Å². The van der Waals surface area contributed by atoms with Crippen LogP contribution in [0.1, 0.15) is 42.2 Å². The second kappa shape index (κ2) is 5.11. The van der Waals surface area contributed by atoms with Crippen molar-refractivity contribution < 1.29 is 9.53 Å². The van der Waals surface area contributed by atoms with Gasteiger partial charge in [-0.2, -0.15) is 0 Å². The normalized spacial score (nSPS) is 14.5. The van der Waals surface area contributed by atoms with E-state index in [0.717, 1.165) is 18.4 Å². The summed E-state index contributed by atoms with van der Waals surface area (Å²) in [7, 11) is 0. The van der Waals surface area contributed by atoms with Crippen LogP contribution in [0.5, 0.6) is 5.06 Å². The first kappa shape index (κ1) is 13.1. The molecule has 0 amide bonds. The molecule has 0 atom stereocenters. The molecule has 1 heterocycles. The molecule has 0 bridgehead atoms. The van der Waals surface area contributed by atoms with Gasteiger partial charge in [0.25, 0.3) is 0 Å². The first-order valence-corrected chi connectivity index (χ1v) is 6.99. The summed E-state index contributed by atoms with van der Waals surface area (Å²) in [6, 6.07) is 0. The van der Waals surface area contributed by atoms with E-state index < -0.39 is 0 Å². The number of rotatable bonds is 3. The molecular formula is C15H18O2S. The van der Waals surface area contributed by atoms with Crippen LogP contribution in [0, 0.1) is 13.8 Å². The minimum absolute atomic E-state index is 0.341. The second-order valence-corrected chi connectivity index (χ2v) is 5.92. The molecule has 96 valence electrons. The van der Waals surface area contributed by atoms with Gasteiger partial charge in [-0.15, -0.1) is 11.3 Å². The second-order valence-electron chi connectivity index (χ2n) is 4.74. The summed E-state index contributed by atoms with van der Waals surface area (Å²) in [4.78, 5) is 12.8. The van der Waals surface area contributed by atoms with Gasteiger partial charge in [-0.3, -0.25) is 0 Å². The van der Waals surface area contributed by atoms with Crippen molar-refractivity contribution in [3.8, 4) is 5.06 Å². The van der Waals surface area contributed by atoms with E-state index >= 15 is 0 Å². The van der Waals surface area contributed by atoms with Crippen LogP contribution in [-0.2, 0) is 4.79 Å². The topological polar surface area (TPSA) is 26.3 Å². The first-order valence-electron chi connectivity index (χ1n) is 6.17. The summed E-state index contributed by atoms with van der Waals surface area (Å²) in [6.45, 7) is 9.39. The largest absolute Gasteiger partial charge is 0.412 e. The predicted molar refractivity (Wildman–Crippen MR) is 76.1 cm³/mol. The fourth-order valence-corrected chi connectivity index (χ4v) is 3.30. The molecule has 2 rings (SSSR count). The number of carbonyl (C=O) groups is 1. The molecule has 1 aliphatic rings. The lowest BCUT2D eigenvalue weighted by atomic mass is 10.0. The number of hydrogen-bond acceptors (Lipinski definition) is 3.